The van der Waals surface area contributed by atoms with Crippen molar-refractivity contribution in [1.29, 1.82) is 0 Å². The fourth-order valence-electron chi connectivity index (χ4n) is 2.34. The molecule has 2 aromatic rings. The molecule has 1 N–H and O–H groups in total. The summed E-state index contributed by atoms with van der Waals surface area (Å²) < 4.78 is 2.02. The quantitative estimate of drug-likeness (QED) is 0.866. The molecule has 1 aromatic heterocycles. The van der Waals surface area contributed by atoms with Crippen molar-refractivity contribution in [1.82, 2.24) is 20.3 Å². The first-order valence-corrected chi connectivity index (χ1v) is 6.08. The summed E-state index contributed by atoms with van der Waals surface area (Å²) in [5, 5.41) is 11.6. The van der Waals surface area contributed by atoms with Crippen LogP contribution >= 0.6 is 0 Å². The Hall–Kier alpha value is -1.68. The molecule has 17 heavy (non-hydrogen) atoms. The Kier molecular flexibility index (Phi) is 2.88. The molecule has 1 unspecified atom stereocenters. The molecule has 4 heteroatoms. The van der Waals surface area contributed by atoms with Gasteiger partial charge in [0.25, 0.3) is 0 Å². The first-order chi connectivity index (χ1) is 8.43. The molecular formula is C13H16N4. The maximum absolute atomic E-state index is 4.19. The molecule has 1 saturated heterocycles. The molecular weight excluding hydrogens is 212 g/mol. The highest BCUT2D eigenvalue weighted by Crippen LogP contribution is 2.19. The lowest BCUT2D eigenvalue weighted by Gasteiger charge is -2.10. The predicted molar refractivity (Wildman–Crippen MR) is 66.4 cm³/mol. The summed E-state index contributed by atoms with van der Waals surface area (Å²) in [6.07, 6.45) is 3.08. The summed E-state index contributed by atoms with van der Waals surface area (Å²) in [6, 6.07) is 10.3. The van der Waals surface area contributed by atoms with E-state index >= 15 is 0 Å². The second-order valence-electron chi connectivity index (χ2n) is 4.53. The van der Waals surface area contributed by atoms with Crippen LogP contribution in [0.2, 0.25) is 0 Å². The molecule has 1 aliphatic rings. The molecule has 2 heterocycles. The molecule has 0 spiro atoms. The third-order valence-corrected chi connectivity index (χ3v) is 3.28. The molecule has 88 valence electrons. The van der Waals surface area contributed by atoms with E-state index in [0.29, 0.717) is 5.92 Å². The van der Waals surface area contributed by atoms with E-state index in [-0.39, 0.29) is 0 Å². The zero-order valence-electron chi connectivity index (χ0n) is 9.71. The number of benzene rings is 1. The van der Waals surface area contributed by atoms with Crippen LogP contribution in [-0.2, 0) is 6.54 Å². The minimum atomic E-state index is 0.680. The van der Waals surface area contributed by atoms with Gasteiger partial charge < -0.3 is 5.32 Å². The third-order valence-electron chi connectivity index (χ3n) is 3.28. The highest BCUT2D eigenvalue weighted by Gasteiger charge is 2.17. The summed E-state index contributed by atoms with van der Waals surface area (Å²) in [7, 11) is 0. The van der Waals surface area contributed by atoms with E-state index in [1.165, 1.54) is 12.0 Å². The van der Waals surface area contributed by atoms with Crippen molar-refractivity contribution in [3.63, 3.8) is 0 Å². The van der Waals surface area contributed by atoms with Crippen LogP contribution in [0.25, 0.3) is 11.3 Å². The van der Waals surface area contributed by atoms with Gasteiger partial charge in [-0.1, -0.05) is 35.5 Å². The van der Waals surface area contributed by atoms with Crippen molar-refractivity contribution in [2.75, 3.05) is 13.1 Å². The topological polar surface area (TPSA) is 42.7 Å². The van der Waals surface area contributed by atoms with Crippen LogP contribution in [0.5, 0.6) is 0 Å². The van der Waals surface area contributed by atoms with Crippen LogP contribution in [0.4, 0.5) is 0 Å². The molecule has 1 atom stereocenters. The Balaban J connectivity index is 1.84. The SMILES string of the molecule is c1ccc(-c2cnnn2CC2CCNC2)cc1. The number of nitrogens with zero attached hydrogens (tertiary/aromatic N) is 3. The highest BCUT2D eigenvalue weighted by atomic mass is 15.4. The molecule has 0 saturated carbocycles. The van der Waals surface area contributed by atoms with E-state index in [4.69, 9.17) is 0 Å². The van der Waals surface area contributed by atoms with Crippen LogP contribution in [0.1, 0.15) is 6.42 Å². The Morgan fingerprint density at radius 2 is 2.18 bits per heavy atom. The average molecular weight is 228 g/mol. The van der Waals surface area contributed by atoms with Crippen LogP contribution in [-0.4, -0.2) is 28.1 Å². The lowest BCUT2D eigenvalue weighted by atomic mass is 10.1. The zero-order valence-corrected chi connectivity index (χ0v) is 9.71. The third kappa shape index (κ3) is 2.22. The molecule has 1 aromatic carbocycles. The van der Waals surface area contributed by atoms with E-state index in [0.717, 1.165) is 25.3 Å². The highest BCUT2D eigenvalue weighted by molar-refractivity contribution is 5.57. The smallest absolute Gasteiger partial charge is 0.0885 e. The first kappa shape index (κ1) is 10.5. The summed E-state index contributed by atoms with van der Waals surface area (Å²) in [4.78, 5) is 0. The number of rotatable bonds is 3. The molecule has 0 aliphatic carbocycles. The number of hydrogen-bond acceptors (Lipinski definition) is 3. The van der Waals surface area contributed by atoms with E-state index in [1.54, 1.807) is 0 Å². The van der Waals surface area contributed by atoms with E-state index < -0.39 is 0 Å². The lowest BCUT2D eigenvalue weighted by Crippen LogP contribution is -2.16. The Labute approximate surface area is 101 Å². The van der Waals surface area contributed by atoms with Gasteiger partial charge in [-0.3, -0.25) is 0 Å². The van der Waals surface area contributed by atoms with Gasteiger partial charge in [-0.15, -0.1) is 5.10 Å². The van der Waals surface area contributed by atoms with Crippen LogP contribution < -0.4 is 5.32 Å². The van der Waals surface area contributed by atoms with Gasteiger partial charge in [-0.25, -0.2) is 4.68 Å². The maximum Gasteiger partial charge on any atom is 0.0885 e. The fraction of sp³-hybridized carbons (Fsp3) is 0.385. The number of nitrogens with one attached hydrogen (secondary N) is 1. The molecule has 1 aliphatic heterocycles. The largest absolute Gasteiger partial charge is 0.316 e. The molecule has 0 bridgehead atoms. The van der Waals surface area contributed by atoms with Crippen molar-refractivity contribution < 1.29 is 0 Å². The lowest BCUT2D eigenvalue weighted by molar-refractivity contribution is 0.444. The van der Waals surface area contributed by atoms with Crippen LogP contribution in [0.3, 0.4) is 0 Å². The second-order valence-corrected chi connectivity index (χ2v) is 4.53. The van der Waals surface area contributed by atoms with E-state index in [9.17, 15) is 0 Å². The van der Waals surface area contributed by atoms with Gasteiger partial charge in [0.15, 0.2) is 0 Å². The van der Waals surface area contributed by atoms with Crippen molar-refractivity contribution >= 4 is 0 Å². The van der Waals surface area contributed by atoms with Gasteiger partial charge in [-0.2, -0.15) is 0 Å². The Morgan fingerprint density at radius 3 is 2.94 bits per heavy atom. The van der Waals surface area contributed by atoms with Crippen LogP contribution in [0.15, 0.2) is 36.5 Å². The average Bonchev–Trinajstić information content (AvgIpc) is 3.02. The Bertz CT molecular complexity index is 471. The maximum atomic E-state index is 4.19. The van der Waals surface area contributed by atoms with Crippen molar-refractivity contribution in [2.45, 2.75) is 13.0 Å². The Morgan fingerprint density at radius 1 is 1.29 bits per heavy atom. The van der Waals surface area contributed by atoms with Gasteiger partial charge in [-0.05, 0) is 25.4 Å². The summed E-state index contributed by atoms with van der Waals surface area (Å²) in [6.45, 7) is 3.17. The van der Waals surface area contributed by atoms with Gasteiger partial charge in [0.1, 0.15) is 0 Å². The van der Waals surface area contributed by atoms with Gasteiger partial charge >= 0.3 is 0 Å². The second kappa shape index (κ2) is 4.67. The summed E-state index contributed by atoms with van der Waals surface area (Å²) in [5.74, 6) is 0.680. The van der Waals surface area contributed by atoms with E-state index in [1.807, 2.05) is 29.1 Å². The monoisotopic (exact) mass is 228 g/mol. The summed E-state index contributed by atoms with van der Waals surface area (Å²) >= 11 is 0. The van der Waals surface area contributed by atoms with Gasteiger partial charge in [0, 0.05) is 12.1 Å². The molecule has 1 fully saturated rings. The van der Waals surface area contributed by atoms with Crippen molar-refractivity contribution in [3.8, 4) is 11.3 Å². The molecule has 0 amide bonds. The molecule has 4 nitrogen and oxygen atoms in total. The standard InChI is InChI=1S/C13H16N4/c1-2-4-12(5-3-1)13-9-15-16-17(13)10-11-6-7-14-8-11/h1-5,9,11,14H,6-8,10H2. The van der Waals surface area contributed by atoms with Gasteiger partial charge in [0.05, 0.1) is 11.9 Å². The summed E-state index contributed by atoms with van der Waals surface area (Å²) in [5.41, 5.74) is 2.29. The molecule has 0 radical (unpaired) electrons. The predicted octanol–water partition coefficient (Wildman–Crippen LogP) is 1.55. The van der Waals surface area contributed by atoms with Crippen molar-refractivity contribution in [2.24, 2.45) is 5.92 Å². The normalized spacial score (nSPS) is 19.6. The minimum Gasteiger partial charge on any atom is -0.316 e. The van der Waals surface area contributed by atoms with Crippen LogP contribution in [0, 0.1) is 5.92 Å². The first-order valence-electron chi connectivity index (χ1n) is 6.08. The number of aromatic nitrogens is 3. The molecule has 3 rings (SSSR count). The van der Waals surface area contributed by atoms with E-state index in [2.05, 4.69) is 27.8 Å². The van der Waals surface area contributed by atoms with Gasteiger partial charge in [0.2, 0.25) is 0 Å². The number of hydrogen-bond donors (Lipinski definition) is 1. The fourth-order valence-corrected chi connectivity index (χ4v) is 2.34. The minimum absolute atomic E-state index is 0.680. The van der Waals surface area contributed by atoms with Crippen molar-refractivity contribution in [3.05, 3.63) is 36.5 Å². The zero-order chi connectivity index (χ0) is 11.5.